The first-order chi connectivity index (χ1) is 7.58. The van der Waals surface area contributed by atoms with Crippen LogP contribution in [0.4, 0.5) is 0 Å². The van der Waals surface area contributed by atoms with E-state index in [9.17, 15) is 0 Å². The van der Waals surface area contributed by atoms with Crippen molar-refractivity contribution in [1.29, 1.82) is 0 Å². The van der Waals surface area contributed by atoms with Gasteiger partial charge in [-0.05, 0) is 25.1 Å². The lowest BCUT2D eigenvalue weighted by Gasteiger charge is -1.99. The van der Waals surface area contributed by atoms with Crippen LogP contribution in [0.2, 0.25) is 10.0 Å². The highest BCUT2D eigenvalue weighted by Crippen LogP contribution is 2.31. The Morgan fingerprint density at radius 1 is 1.25 bits per heavy atom. The van der Waals surface area contributed by atoms with Gasteiger partial charge in [0.2, 0.25) is 11.8 Å². The summed E-state index contributed by atoms with van der Waals surface area (Å²) in [7, 11) is 0. The van der Waals surface area contributed by atoms with Crippen molar-refractivity contribution in [3.63, 3.8) is 0 Å². The Kier molecular flexibility index (Phi) is 3.38. The Hall–Kier alpha value is -0.770. The van der Waals surface area contributed by atoms with Gasteiger partial charge in [-0.1, -0.05) is 23.2 Å². The maximum Gasteiger partial charge on any atom is 0.249 e. The molecule has 0 aliphatic carbocycles. The molecule has 1 unspecified atom stereocenters. The first-order valence-corrected chi connectivity index (χ1v) is 5.70. The fraction of sp³-hybridized carbons (Fsp3) is 0.200. The number of nitrogens with zero attached hydrogens (tertiary/aromatic N) is 2. The molecule has 0 fully saturated rings. The molecule has 1 atom stereocenters. The number of hydrogen-bond donors (Lipinski definition) is 0. The highest BCUT2D eigenvalue weighted by molar-refractivity contribution is 6.35. The van der Waals surface area contributed by atoms with E-state index >= 15 is 0 Å². The summed E-state index contributed by atoms with van der Waals surface area (Å²) in [5.41, 5.74) is 0.602. The van der Waals surface area contributed by atoms with Crippen LogP contribution >= 0.6 is 34.8 Å². The van der Waals surface area contributed by atoms with Gasteiger partial charge in [0.1, 0.15) is 5.38 Å². The fourth-order valence-electron chi connectivity index (χ4n) is 1.17. The van der Waals surface area contributed by atoms with Crippen LogP contribution in [-0.4, -0.2) is 10.2 Å². The van der Waals surface area contributed by atoms with E-state index in [1.165, 1.54) is 0 Å². The number of halogens is 3. The molecule has 0 bridgehead atoms. The van der Waals surface area contributed by atoms with E-state index in [1.807, 2.05) is 0 Å². The second-order valence-corrected chi connectivity index (χ2v) is 4.68. The minimum atomic E-state index is -0.334. The van der Waals surface area contributed by atoms with Gasteiger partial charge in [-0.2, -0.15) is 0 Å². The molecule has 0 saturated heterocycles. The Balaban J connectivity index is 2.46. The molecule has 0 radical (unpaired) electrons. The molecule has 2 aromatic rings. The number of hydrogen-bond acceptors (Lipinski definition) is 3. The van der Waals surface area contributed by atoms with Gasteiger partial charge in [-0.3, -0.25) is 0 Å². The monoisotopic (exact) mass is 276 g/mol. The molecule has 6 heteroatoms. The third kappa shape index (κ3) is 2.32. The maximum absolute atomic E-state index is 6.00. The predicted molar refractivity (Wildman–Crippen MR) is 64.0 cm³/mol. The van der Waals surface area contributed by atoms with E-state index < -0.39 is 0 Å². The number of aromatic nitrogens is 2. The van der Waals surface area contributed by atoms with Crippen LogP contribution in [0, 0.1) is 0 Å². The maximum atomic E-state index is 6.00. The standard InChI is InChI=1S/C10H7Cl3N2O/c1-5(11)9-14-15-10(16-9)7-4-6(12)2-3-8(7)13/h2-5H,1H3. The Morgan fingerprint density at radius 2 is 2.00 bits per heavy atom. The van der Waals surface area contributed by atoms with Crippen LogP contribution in [0.25, 0.3) is 11.5 Å². The van der Waals surface area contributed by atoms with Crippen LogP contribution in [0.3, 0.4) is 0 Å². The molecular formula is C10H7Cl3N2O. The van der Waals surface area contributed by atoms with Crippen molar-refractivity contribution in [1.82, 2.24) is 10.2 Å². The van der Waals surface area contributed by atoms with Crippen molar-refractivity contribution in [2.24, 2.45) is 0 Å². The summed E-state index contributed by atoms with van der Waals surface area (Å²) in [6, 6.07) is 5.03. The lowest BCUT2D eigenvalue weighted by molar-refractivity contribution is 0.507. The zero-order chi connectivity index (χ0) is 11.7. The van der Waals surface area contributed by atoms with Gasteiger partial charge >= 0.3 is 0 Å². The van der Waals surface area contributed by atoms with Gasteiger partial charge in [0, 0.05) is 5.02 Å². The van der Waals surface area contributed by atoms with Crippen LogP contribution in [0.5, 0.6) is 0 Å². The van der Waals surface area contributed by atoms with Crippen molar-refractivity contribution in [2.75, 3.05) is 0 Å². The molecule has 0 aliphatic rings. The van der Waals surface area contributed by atoms with Crippen LogP contribution in [0.1, 0.15) is 18.2 Å². The smallest absolute Gasteiger partial charge is 0.249 e. The average Bonchev–Trinajstić information content (AvgIpc) is 2.70. The third-order valence-electron chi connectivity index (χ3n) is 1.94. The average molecular weight is 278 g/mol. The van der Waals surface area contributed by atoms with Crippen molar-refractivity contribution >= 4 is 34.8 Å². The van der Waals surface area contributed by atoms with Gasteiger partial charge in [-0.15, -0.1) is 21.8 Å². The summed E-state index contributed by atoms with van der Waals surface area (Å²) in [5, 5.41) is 8.40. The minimum Gasteiger partial charge on any atom is -0.419 e. The van der Waals surface area contributed by atoms with Crippen LogP contribution in [0.15, 0.2) is 22.6 Å². The molecule has 0 aliphatic heterocycles. The van der Waals surface area contributed by atoms with Gasteiger partial charge in [0.05, 0.1) is 10.6 Å². The molecule has 0 N–H and O–H groups in total. The molecular weight excluding hydrogens is 270 g/mol. The summed E-state index contributed by atoms with van der Waals surface area (Å²) in [6.45, 7) is 1.75. The Morgan fingerprint density at radius 3 is 2.62 bits per heavy atom. The second kappa shape index (κ2) is 4.62. The van der Waals surface area contributed by atoms with Gasteiger partial charge in [0.15, 0.2) is 0 Å². The van der Waals surface area contributed by atoms with Crippen LogP contribution < -0.4 is 0 Å². The highest BCUT2D eigenvalue weighted by Gasteiger charge is 2.15. The van der Waals surface area contributed by atoms with E-state index in [2.05, 4.69) is 10.2 Å². The van der Waals surface area contributed by atoms with Gasteiger partial charge in [-0.25, -0.2) is 0 Å². The van der Waals surface area contributed by atoms with Crippen molar-refractivity contribution in [3.8, 4) is 11.5 Å². The summed E-state index contributed by atoms with van der Waals surface area (Å²) >= 11 is 17.7. The molecule has 0 spiro atoms. The van der Waals surface area contributed by atoms with E-state index in [0.29, 0.717) is 27.4 Å². The molecule has 1 heterocycles. The first-order valence-electron chi connectivity index (χ1n) is 4.51. The summed E-state index contributed by atoms with van der Waals surface area (Å²) in [4.78, 5) is 0. The first kappa shape index (κ1) is 11.7. The lowest BCUT2D eigenvalue weighted by Crippen LogP contribution is -1.81. The molecule has 2 rings (SSSR count). The van der Waals surface area contributed by atoms with E-state index in [0.717, 1.165) is 0 Å². The zero-order valence-electron chi connectivity index (χ0n) is 8.25. The van der Waals surface area contributed by atoms with Crippen LogP contribution in [-0.2, 0) is 0 Å². The minimum absolute atomic E-state index is 0.315. The molecule has 1 aromatic heterocycles. The summed E-state index contributed by atoms with van der Waals surface area (Å²) < 4.78 is 5.37. The predicted octanol–water partition coefficient (Wildman–Crippen LogP) is 4.34. The van der Waals surface area contributed by atoms with Crippen molar-refractivity contribution in [2.45, 2.75) is 12.3 Å². The quantitative estimate of drug-likeness (QED) is 0.766. The highest BCUT2D eigenvalue weighted by atomic mass is 35.5. The zero-order valence-corrected chi connectivity index (χ0v) is 10.5. The molecule has 16 heavy (non-hydrogen) atoms. The van der Waals surface area contributed by atoms with E-state index in [4.69, 9.17) is 39.2 Å². The topological polar surface area (TPSA) is 38.9 Å². The largest absolute Gasteiger partial charge is 0.419 e. The van der Waals surface area contributed by atoms with Crippen molar-refractivity contribution in [3.05, 3.63) is 34.1 Å². The Bertz CT molecular complexity index is 511. The lowest BCUT2D eigenvalue weighted by atomic mass is 10.2. The summed E-state index contributed by atoms with van der Waals surface area (Å²) in [6.07, 6.45) is 0. The third-order valence-corrected chi connectivity index (χ3v) is 2.69. The molecule has 0 amide bonds. The van der Waals surface area contributed by atoms with Gasteiger partial charge in [0.25, 0.3) is 0 Å². The Labute approximate surface area is 107 Å². The number of rotatable bonds is 2. The number of alkyl halides is 1. The molecule has 84 valence electrons. The van der Waals surface area contributed by atoms with E-state index in [1.54, 1.807) is 25.1 Å². The number of benzene rings is 1. The molecule has 0 saturated carbocycles. The molecule has 1 aromatic carbocycles. The van der Waals surface area contributed by atoms with E-state index in [-0.39, 0.29) is 5.38 Å². The van der Waals surface area contributed by atoms with Crippen molar-refractivity contribution < 1.29 is 4.42 Å². The molecule has 3 nitrogen and oxygen atoms in total. The normalized spacial score (nSPS) is 12.8. The SMILES string of the molecule is CC(Cl)c1nnc(-c2cc(Cl)ccc2Cl)o1. The fourth-order valence-corrected chi connectivity index (χ4v) is 1.62. The second-order valence-electron chi connectivity index (χ2n) is 3.19. The van der Waals surface area contributed by atoms with Gasteiger partial charge < -0.3 is 4.42 Å². The summed E-state index contributed by atoms with van der Waals surface area (Å²) in [5.74, 6) is 0.669.